The van der Waals surface area contributed by atoms with E-state index in [9.17, 15) is 18.0 Å². The number of alkyl halides is 3. The summed E-state index contributed by atoms with van der Waals surface area (Å²) in [6.07, 6.45) is -2.85. The number of rotatable bonds is 5. The molecule has 0 saturated carbocycles. The maximum atomic E-state index is 12.6. The van der Waals surface area contributed by atoms with Gasteiger partial charge in [0.15, 0.2) is 0 Å². The molecule has 0 aromatic carbocycles. The molecule has 0 spiro atoms. The lowest BCUT2D eigenvalue weighted by atomic mass is 9.98. The molecule has 2 heterocycles. The highest BCUT2D eigenvalue weighted by atomic mass is 19.4. The predicted octanol–water partition coefficient (Wildman–Crippen LogP) is 3.64. The first-order valence-electron chi connectivity index (χ1n) is 7.54. The Kier molecular flexibility index (Phi) is 5.05. The van der Waals surface area contributed by atoms with Crippen LogP contribution in [-0.2, 0) is 11.3 Å². The first-order chi connectivity index (χ1) is 11.1. The molecule has 1 amide bonds. The number of aromatic nitrogens is 2. The number of carbonyl (C=O) groups excluding carboxylic acids is 1. The zero-order chi connectivity index (χ0) is 18.1. The van der Waals surface area contributed by atoms with Crippen LogP contribution >= 0.6 is 0 Å². The summed E-state index contributed by atoms with van der Waals surface area (Å²) in [5, 5.41) is 6.73. The predicted molar refractivity (Wildman–Crippen MR) is 81.4 cm³/mol. The van der Waals surface area contributed by atoms with Crippen LogP contribution in [0.4, 0.5) is 13.2 Å². The Bertz CT molecular complexity index is 705. The maximum absolute atomic E-state index is 12.6. The third-order valence-corrected chi connectivity index (χ3v) is 3.92. The highest BCUT2D eigenvalue weighted by Crippen LogP contribution is 2.27. The van der Waals surface area contributed by atoms with Gasteiger partial charge in [0.1, 0.15) is 12.3 Å². The van der Waals surface area contributed by atoms with Crippen molar-refractivity contribution in [1.82, 2.24) is 15.1 Å². The Morgan fingerprint density at radius 3 is 2.58 bits per heavy atom. The van der Waals surface area contributed by atoms with Gasteiger partial charge in [-0.15, -0.1) is 0 Å². The van der Waals surface area contributed by atoms with Crippen molar-refractivity contribution in [2.75, 3.05) is 0 Å². The molecular formula is C16H20F3N3O2. The van der Waals surface area contributed by atoms with Crippen molar-refractivity contribution in [3.8, 4) is 0 Å². The van der Waals surface area contributed by atoms with Crippen LogP contribution in [0.1, 0.15) is 48.5 Å². The number of halogens is 3. The first kappa shape index (κ1) is 18.1. The number of hydrogen-bond donors (Lipinski definition) is 1. The van der Waals surface area contributed by atoms with Gasteiger partial charge >= 0.3 is 6.18 Å². The van der Waals surface area contributed by atoms with Crippen molar-refractivity contribution in [1.29, 1.82) is 0 Å². The van der Waals surface area contributed by atoms with Crippen molar-refractivity contribution in [2.45, 2.75) is 52.4 Å². The molecule has 8 heteroatoms. The number of amides is 1. The molecule has 1 N–H and O–H groups in total. The standard InChI is InChI=1S/C16H20F3N3O2/c1-9(15(23)20-10(2)13-6-5-7-24-13)14-11(3)21-22(12(14)4)8-16(17,18)19/h5-7,9-10H,8H2,1-4H3,(H,20,23)/t9-,10+/m1/s1. The average molecular weight is 343 g/mol. The van der Waals surface area contributed by atoms with E-state index in [2.05, 4.69) is 10.4 Å². The molecule has 132 valence electrons. The highest BCUT2D eigenvalue weighted by Gasteiger charge is 2.32. The molecule has 0 saturated heterocycles. The number of aryl methyl sites for hydroxylation is 1. The zero-order valence-electron chi connectivity index (χ0n) is 13.9. The largest absolute Gasteiger partial charge is 0.467 e. The minimum absolute atomic E-state index is 0.295. The summed E-state index contributed by atoms with van der Waals surface area (Å²) in [5.74, 6) is -0.308. The van der Waals surface area contributed by atoms with Gasteiger partial charge in [-0.25, -0.2) is 0 Å². The van der Waals surface area contributed by atoms with Crippen molar-refractivity contribution in [3.05, 3.63) is 41.1 Å². The van der Waals surface area contributed by atoms with E-state index in [0.717, 1.165) is 4.68 Å². The minimum atomic E-state index is -4.36. The maximum Gasteiger partial charge on any atom is 0.408 e. The third kappa shape index (κ3) is 3.98. The lowest BCUT2D eigenvalue weighted by Gasteiger charge is -2.17. The van der Waals surface area contributed by atoms with Gasteiger partial charge in [-0.3, -0.25) is 9.48 Å². The van der Waals surface area contributed by atoms with Crippen LogP contribution in [0.5, 0.6) is 0 Å². The minimum Gasteiger partial charge on any atom is -0.467 e. The van der Waals surface area contributed by atoms with Gasteiger partial charge in [0, 0.05) is 11.3 Å². The molecular weight excluding hydrogens is 323 g/mol. The van der Waals surface area contributed by atoms with Crippen molar-refractivity contribution >= 4 is 5.91 Å². The Hall–Kier alpha value is -2.25. The molecule has 0 aliphatic heterocycles. The van der Waals surface area contributed by atoms with Crippen molar-refractivity contribution in [2.24, 2.45) is 0 Å². The fourth-order valence-corrected chi connectivity index (χ4v) is 2.74. The molecule has 0 aliphatic rings. The van der Waals surface area contributed by atoms with Crippen molar-refractivity contribution in [3.63, 3.8) is 0 Å². The summed E-state index contributed by atoms with van der Waals surface area (Å²) >= 11 is 0. The average Bonchev–Trinajstić information content (AvgIpc) is 3.06. The number of furan rings is 1. The molecule has 0 bridgehead atoms. The molecule has 0 radical (unpaired) electrons. The monoisotopic (exact) mass is 343 g/mol. The molecule has 0 unspecified atom stereocenters. The highest BCUT2D eigenvalue weighted by molar-refractivity contribution is 5.84. The quantitative estimate of drug-likeness (QED) is 0.902. The Labute approximate surface area is 137 Å². The van der Waals surface area contributed by atoms with E-state index in [1.807, 2.05) is 0 Å². The summed E-state index contributed by atoms with van der Waals surface area (Å²) in [4.78, 5) is 12.4. The fourth-order valence-electron chi connectivity index (χ4n) is 2.74. The van der Waals surface area contributed by atoms with Gasteiger partial charge in [-0.1, -0.05) is 0 Å². The third-order valence-electron chi connectivity index (χ3n) is 3.92. The Morgan fingerprint density at radius 2 is 2.04 bits per heavy atom. The van der Waals surface area contributed by atoms with E-state index in [1.54, 1.807) is 39.8 Å². The SMILES string of the molecule is Cc1nn(CC(F)(F)F)c(C)c1[C@@H](C)C(=O)N[C@@H](C)c1ccco1. The van der Waals surface area contributed by atoms with Crippen LogP contribution in [-0.4, -0.2) is 21.9 Å². The summed E-state index contributed by atoms with van der Waals surface area (Å²) in [6.45, 7) is 5.40. The molecule has 2 atom stereocenters. The topological polar surface area (TPSA) is 60.1 Å². The lowest BCUT2D eigenvalue weighted by molar-refractivity contribution is -0.143. The second-order valence-corrected chi connectivity index (χ2v) is 5.82. The van der Waals surface area contributed by atoms with E-state index in [0.29, 0.717) is 22.7 Å². The molecule has 0 fully saturated rings. The molecule has 2 aromatic rings. The molecule has 5 nitrogen and oxygen atoms in total. The second-order valence-electron chi connectivity index (χ2n) is 5.82. The van der Waals surface area contributed by atoms with Crippen LogP contribution in [0.25, 0.3) is 0 Å². The fraction of sp³-hybridized carbons (Fsp3) is 0.500. The summed E-state index contributed by atoms with van der Waals surface area (Å²) in [7, 11) is 0. The van der Waals surface area contributed by atoms with Gasteiger partial charge in [0.2, 0.25) is 5.91 Å². The van der Waals surface area contributed by atoms with Crippen molar-refractivity contribution < 1.29 is 22.4 Å². The van der Waals surface area contributed by atoms with Gasteiger partial charge in [-0.2, -0.15) is 18.3 Å². The number of nitrogens with zero attached hydrogens (tertiary/aromatic N) is 2. The molecule has 0 aliphatic carbocycles. The summed E-state index contributed by atoms with van der Waals surface area (Å²) in [5.41, 5.74) is 1.28. The Morgan fingerprint density at radius 1 is 1.38 bits per heavy atom. The summed E-state index contributed by atoms with van der Waals surface area (Å²) < 4.78 is 43.9. The molecule has 2 rings (SSSR count). The molecule has 2 aromatic heterocycles. The van der Waals surface area contributed by atoms with E-state index in [1.165, 1.54) is 6.26 Å². The van der Waals surface area contributed by atoms with Crippen LogP contribution in [0.2, 0.25) is 0 Å². The zero-order valence-corrected chi connectivity index (χ0v) is 13.9. The number of hydrogen-bond acceptors (Lipinski definition) is 3. The van der Waals surface area contributed by atoms with E-state index in [-0.39, 0.29) is 11.9 Å². The normalized spacial score (nSPS) is 14.5. The van der Waals surface area contributed by atoms with Gasteiger partial charge in [0.25, 0.3) is 0 Å². The van der Waals surface area contributed by atoms with Crippen LogP contribution in [0.15, 0.2) is 22.8 Å². The van der Waals surface area contributed by atoms with Gasteiger partial charge in [-0.05, 0) is 39.8 Å². The van der Waals surface area contributed by atoms with Crippen LogP contribution < -0.4 is 5.32 Å². The van der Waals surface area contributed by atoms with Crippen LogP contribution in [0, 0.1) is 13.8 Å². The lowest BCUT2D eigenvalue weighted by Crippen LogP contribution is -2.30. The second kappa shape index (κ2) is 6.70. The van der Waals surface area contributed by atoms with Crippen LogP contribution in [0.3, 0.4) is 0 Å². The first-order valence-corrected chi connectivity index (χ1v) is 7.54. The Balaban J connectivity index is 2.17. The molecule has 24 heavy (non-hydrogen) atoms. The number of carbonyl (C=O) groups is 1. The van der Waals surface area contributed by atoms with E-state index in [4.69, 9.17) is 4.42 Å². The number of nitrogens with one attached hydrogen (secondary N) is 1. The summed E-state index contributed by atoms with van der Waals surface area (Å²) in [6, 6.07) is 3.13. The van der Waals surface area contributed by atoms with Gasteiger partial charge in [0.05, 0.1) is 23.9 Å². The van der Waals surface area contributed by atoms with E-state index < -0.39 is 18.6 Å². The van der Waals surface area contributed by atoms with E-state index >= 15 is 0 Å². The van der Waals surface area contributed by atoms with Gasteiger partial charge < -0.3 is 9.73 Å². The smallest absolute Gasteiger partial charge is 0.408 e.